The number of anilines is 2. The first-order valence-electron chi connectivity index (χ1n) is 6.34. The zero-order valence-corrected chi connectivity index (χ0v) is 11.4. The topological polar surface area (TPSA) is 67.2 Å². The molecule has 0 spiro atoms. The molecule has 4 heteroatoms. The summed E-state index contributed by atoms with van der Waals surface area (Å²) in [6, 6.07) is 7.69. The summed E-state index contributed by atoms with van der Waals surface area (Å²) in [5.41, 5.74) is 7.59. The number of amides is 1. The summed E-state index contributed by atoms with van der Waals surface area (Å²) in [6.45, 7) is 7.42. The summed E-state index contributed by atoms with van der Waals surface area (Å²) >= 11 is 0. The highest BCUT2D eigenvalue weighted by Crippen LogP contribution is 2.15. The van der Waals surface area contributed by atoms with Crippen LogP contribution in [0.2, 0.25) is 0 Å². The van der Waals surface area contributed by atoms with Gasteiger partial charge in [0.15, 0.2) is 0 Å². The molecule has 0 heterocycles. The minimum absolute atomic E-state index is 0.0567. The van der Waals surface area contributed by atoms with Crippen molar-refractivity contribution >= 4 is 17.3 Å². The van der Waals surface area contributed by atoms with Crippen LogP contribution in [-0.4, -0.2) is 19.0 Å². The van der Waals surface area contributed by atoms with E-state index in [1.165, 1.54) is 6.92 Å². The van der Waals surface area contributed by atoms with Crippen molar-refractivity contribution in [2.24, 2.45) is 17.6 Å². The molecule has 0 fully saturated rings. The van der Waals surface area contributed by atoms with Crippen LogP contribution in [0.1, 0.15) is 20.8 Å². The van der Waals surface area contributed by atoms with Gasteiger partial charge in [-0.1, -0.05) is 13.8 Å². The third-order valence-electron chi connectivity index (χ3n) is 3.02. The summed E-state index contributed by atoms with van der Waals surface area (Å²) in [7, 11) is 0. The molecule has 1 amide bonds. The third kappa shape index (κ3) is 4.75. The zero-order chi connectivity index (χ0) is 13.5. The molecule has 0 radical (unpaired) electrons. The molecule has 0 saturated heterocycles. The monoisotopic (exact) mass is 249 g/mol. The van der Waals surface area contributed by atoms with Crippen molar-refractivity contribution in [1.29, 1.82) is 0 Å². The van der Waals surface area contributed by atoms with E-state index in [0.29, 0.717) is 18.4 Å². The lowest BCUT2D eigenvalue weighted by Crippen LogP contribution is -2.27. The molecular formula is C14H23N3O. The van der Waals surface area contributed by atoms with E-state index in [9.17, 15) is 4.79 Å². The molecule has 100 valence electrons. The van der Waals surface area contributed by atoms with E-state index in [0.717, 1.165) is 17.9 Å². The van der Waals surface area contributed by atoms with Crippen LogP contribution in [-0.2, 0) is 4.79 Å². The number of nitrogens with two attached hydrogens (primary N) is 1. The fourth-order valence-corrected chi connectivity index (χ4v) is 1.71. The highest BCUT2D eigenvalue weighted by molar-refractivity contribution is 5.88. The van der Waals surface area contributed by atoms with E-state index in [4.69, 9.17) is 5.73 Å². The van der Waals surface area contributed by atoms with Gasteiger partial charge in [-0.3, -0.25) is 4.79 Å². The number of hydrogen-bond donors (Lipinski definition) is 3. The standard InChI is InChI=1S/C14H23N3O/c1-10(2)12(8-15)9-16-13-4-6-14(7-5-13)17-11(3)18/h4-7,10,12,16H,8-9,15H2,1-3H3,(H,17,18). The Labute approximate surface area is 109 Å². The molecular weight excluding hydrogens is 226 g/mol. The average Bonchev–Trinajstić information content (AvgIpc) is 2.31. The highest BCUT2D eigenvalue weighted by Gasteiger charge is 2.10. The van der Waals surface area contributed by atoms with E-state index < -0.39 is 0 Å². The second-order valence-corrected chi connectivity index (χ2v) is 4.88. The minimum Gasteiger partial charge on any atom is -0.385 e. The maximum absolute atomic E-state index is 10.9. The average molecular weight is 249 g/mol. The maximum atomic E-state index is 10.9. The molecule has 1 aromatic rings. The predicted molar refractivity (Wildman–Crippen MR) is 76.6 cm³/mol. The Balaban J connectivity index is 2.50. The summed E-state index contributed by atoms with van der Waals surface area (Å²) < 4.78 is 0. The van der Waals surface area contributed by atoms with Crippen molar-refractivity contribution < 1.29 is 4.79 Å². The van der Waals surface area contributed by atoms with Gasteiger partial charge in [0.1, 0.15) is 0 Å². The Bertz CT molecular complexity index is 373. The van der Waals surface area contributed by atoms with Crippen molar-refractivity contribution in [3.05, 3.63) is 24.3 Å². The van der Waals surface area contributed by atoms with Crippen LogP contribution in [0.3, 0.4) is 0 Å². The lowest BCUT2D eigenvalue weighted by molar-refractivity contribution is -0.114. The number of benzene rings is 1. The molecule has 0 aliphatic carbocycles. The van der Waals surface area contributed by atoms with E-state index in [1.807, 2.05) is 24.3 Å². The highest BCUT2D eigenvalue weighted by atomic mass is 16.1. The Morgan fingerprint density at radius 2 is 1.78 bits per heavy atom. The number of hydrogen-bond acceptors (Lipinski definition) is 3. The van der Waals surface area contributed by atoms with E-state index >= 15 is 0 Å². The molecule has 18 heavy (non-hydrogen) atoms. The molecule has 1 aromatic carbocycles. The third-order valence-corrected chi connectivity index (χ3v) is 3.02. The Morgan fingerprint density at radius 3 is 2.22 bits per heavy atom. The molecule has 4 N–H and O–H groups in total. The van der Waals surface area contributed by atoms with Crippen LogP contribution >= 0.6 is 0 Å². The first-order valence-corrected chi connectivity index (χ1v) is 6.34. The Hall–Kier alpha value is -1.55. The second-order valence-electron chi connectivity index (χ2n) is 4.88. The van der Waals surface area contributed by atoms with E-state index in [-0.39, 0.29) is 5.91 Å². The van der Waals surface area contributed by atoms with Gasteiger partial charge in [-0.15, -0.1) is 0 Å². The number of carbonyl (C=O) groups is 1. The summed E-state index contributed by atoms with van der Waals surface area (Å²) in [5, 5.41) is 6.10. The normalized spacial score (nSPS) is 12.3. The smallest absolute Gasteiger partial charge is 0.221 e. The Kier molecular flexibility index (Phi) is 5.65. The SMILES string of the molecule is CC(=O)Nc1ccc(NCC(CN)C(C)C)cc1. The first kappa shape index (κ1) is 14.5. The van der Waals surface area contributed by atoms with Crippen molar-refractivity contribution in [2.75, 3.05) is 23.7 Å². The predicted octanol–water partition coefficient (Wildman–Crippen LogP) is 2.29. The van der Waals surface area contributed by atoms with Gasteiger partial charge in [-0.2, -0.15) is 0 Å². The van der Waals surface area contributed by atoms with Crippen molar-refractivity contribution in [1.82, 2.24) is 0 Å². The quantitative estimate of drug-likeness (QED) is 0.724. The van der Waals surface area contributed by atoms with Crippen LogP contribution in [0.25, 0.3) is 0 Å². The lowest BCUT2D eigenvalue weighted by Gasteiger charge is -2.20. The Morgan fingerprint density at radius 1 is 1.22 bits per heavy atom. The summed E-state index contributed by atoms with van der Waals surface area (Å²) in [5.74, 6) is 0.986. The fraction of sp³-hybridized carbons (Fsp3) is 0.500. The van der Waals surface area contributed by atoms with Gasteiger partial charge in [-0.25, -0.2) is 0 Å². The van der Waals surface area contributed by atoms with Gasteiger partial charge in [0.2, 0.25) is 5.91 Å². The van der Waals surface area contributed by atoms with E-state index in [1.54, 1.807) is 0 Å². The molecule has 0 aliphatic rings. The van der Waals surface area contributed by atoms with Crippen LogP contribution in [0.4, 0.5) is 11.4 Å². The zero-order valence-electron chi connectivity index (χ0n) is 11.4. The molecule has 0 aromatic heterocycles. The summed E-state index contributed by atoms with van der Waals surface area (Å²) in [4.78, 5) is 10.9. The minimum atomic E-state index is -0.0567. The molecule has 0 saturated carbocycles. The van der Waals surface area contributed by atoms with Crippen LogP contribution < -0.4 is 16.4 Å². The second kappa shape index (κ2) is 7.01. The summed E-state index contributed by atoms with van der Waals surface area (Å²) in [6.07, 6.45) is 0. The molecule has 1 rings (SSSR count). The van der Waals surface area contributed by atoms with Gasteiger partial charge in [-0.05, 0) is 42.6 Å². The molecule has 1 unspecified atom stereocenters. The van der Waals surface area contributed by atoms with Gasteiger partial charge in [0.05, 0.1) is 0 Å². The van der Waals surface area contributed by atoms with Crippen molar-refractivity contribution in [3.63, 3.8) is 0 Å². The maximum Gasteiger partial charge on any atom is 0.221 e. The number of carbonyl (C=O) groups excluding carboxylic acids is 1. The van der Waals surface area contributed by atoms with Gasteiger partial charge in [0.25, 0.3) is 0 Å². The van der Waals surface area contributed by atoms with E-state index in [2.05, 4.69) is 24.5 Å². The molecule has 0 aliphatic heterocycles. The lowest BCUT2D eigenvalue weighted by atomic mass is 9.96. The molecule has 4 nitrogen and oxygen atoms in total. The van der Waals surface area contributed by atoms with Crippen molar-refractivity contribution in [2.45, 2.75) is 20.8 Å². The largest absolute Gasteiger partial charge is 0.385 e. The van der Waals surface area contributed by atoms with Crippen LogP contribution in [0.15, 0.2) is 24.3 Å². The van der Waals surface area contributed by atoms with Crippen LogP contribution in [0.5, 0.6) is 0 Å². The number of rotatable bonds is 6. The van der Waals surface area contributed by atoms with Crippen LogP contribution in [0, 0.1) is 11.8 Å². The molecule has 1 atom stereocenters. The molecule has 0 bridgehead atoms. The van der Waals surface area contributed by atoms with Gasteiger partial charge in [0, 0.05) is 24.8 Å². The number of nitrogens with one attached hydrogen (secondary N) is 2. The van der Waals surface area contributed by atoms with Crippen molar-refractivity contribution in [3.8, 4) is 0 Å². The fourth-order valence-electron chi connectivity index (χ4n) is 1.71. The first-order chi connectivity index (χ1) is 8.52. The van der Waals surface area contributed by atoms with Gasteiger partial charge < -0.3 is 16.4 Å². The van der Waals surface area contributed by atoms with Gasteiger partial charge >= 0.3 is 0 Å².